The minimum atomic E-state index is 0.181. The fraction of sp³-hybridized carbons (Fsp3) is 0.462. The lowest BCUT2D eigenvalue weighted by atomic mass is 10.1. The maximum absolute atomic E-state index is 6.12. The normalized spacial score (nSPS) is 11.1. The maximum Gasteiger partial charge on any atom is 0.227 e. The number of nitrogens with zero attached hydrogens (tertiary/aromatic N) is 4. The molecule has 0 atom stereocenters. The third kappa shape index (κ3) is 2.56. The van der Waals surface area contributed by atoms with Crippen molar-refractivity contribution in [1.82, 2.24) is 19.7 Å². The van der Waals surface area contributed by atoms with Crippen molar-refractivity contribution in [1.29, 1.82) is 0 Å². The van der Waals surface area contributed by atoms with Crippen LogP contribution in [0.3, 0.4) is 0 Å². The Balaban J connectivity index is 2.47. The molecule has 2 aromatic rings. The molecule has 0 saturated heterocycles. The van der Waals surface area contributed by atoms with Crippen LogP contribution < -0.4 is 4.74 Å². The van der Waals surface area contributed by atoms with Crippen LogP contribution in [-0.4, -0.2) is 19.7 Å². The van der Waals surface area contributed by atoms with Gasteiger partial charge >= 0.3 is 0 Å². The molecule has 0 radical (unpaired) electrons. The third-order valence-corrected chi connectivity index (χ3v) is 3.32. The molecule has 0 aliphatic carbocycles. The lowest BCUT2D eigenvalue weighted by molar-refractivity contribution is 0.444. The Bertz CT molecular complexity index is 607. The molecule has 0 aliphatic rings. The number of hydrogen-bond acceptors (Lipinski definition) is 4. The second-order valence-corrected chi connectivity index (χ2v) is 5.12. The SMILES string of the molecule is Cc1nn(C)c(C)c1Oc1ncnc(Cl)c1C(C)C. The van der Waals surface area contributed by atoms with E-state index in [-0.39, 0.29) is 5.92 Å². The van der Waals surface area contributed by atoms with E-state index in [1.807, 2.05) is 34.7 Å². The van der Waals surface area contributed by atoms with E-state index < -0.39 is 0 Å². The van der Waals surface area contributed by atoms with Crippen molar-refractivity contribution in [3.63, 3.8) is 0 Å². The number of aromatic nitrogens is 4. The van der Waals surface area contributed by atoms with Crippen LogP contribution in [0.15, 0.2) is 6.33 Å². The van der Waals surface area contributed by atoms with Crippen molar-refractivity contribution in [2.45, 2.75) is 33.6 Å². The van der Waals surface area contributed by atoms with Gasteiger partial charge in [-0.1, -0.05) is 25.4 Å². The first-order chi connectivity index (χ1) is 8.91. The smallest absolute Gasteiger partial charge is 0.227 e. The molecular formula is C13H17ClN4O. The Morgan fingerprint density at radius 3 is 2.47 bits per heavy atom. The summed E-state index contributed by atoms with van der Waals surface area (Å²) in [7, 11) is 1.88. The van der Waals surface area contributed by atoms with Gasteiger partial charge in [-0.3, -0.25) is 4.68 Å². The molecule has 0 unspecified atom stereocenters. The van der Waals surface area contributed by atoms with Gasteiger partial charge in [0.25, 0.3) is 0 Å². The zero-order chi connectivity index (χ0) is 14.2. The molecule has 0 saturated carbocycles. The van der Waals surface area contributed by atoms with Crippen molar-refractivity contribution in [3.05, 3.63) is 28.4 Å². The largest absolute Gasteiger partial charge is 0.435 e. The van der Waals surface area contributed by atoms with Crippen LogP contribution in [0.25, 0.3) is 0 Å². The van der Waals surface area contributed by atoms with Crippen LogP contribution in [0.5, 0.6) is 11.6 Å². The van der Waals surface area contributed by atoms with E-state index >= 15 is 0 Å². The predicted molar refractivity (Wildman–Crippen MR) is 73.9 cm³/mol. The Kier molecular flexibility index (Phi) is 3.75. The van der Waals surface area contributed by atoms with Crippen LogP contribution in [-0.2, 0) is 7.05 Å². The fourth-order valence-electron chi connectivity index (χ4n) is 1.92. The van der Waals surface area contributed by atoms with Gasteiger partial charge in [0.15, 0.2) is 5.75 Å². The Morgan fingerprint density at radius 1 is 1.26 bits per heavy atom. The summed E-state index contributed by atoms with van der Waals surface area (Å²) in [6.45, 7) is 7.91. The monoisotopic (exact) mass is 280 g/mol. The molecule has 6 heteroatoms. The molecule has 2 heterocycles. The van der Waals surface area contributed by atoms with Gasteiger partial charge in [0.05, 0.1) is 11.3 Å². The van der Waals surface area contributed by atoms with Crippen LogP contribution in [0.4, 0.5) is 0 Å². The Labute approximate surface area is 117 Å². The van der Waals surface area contributed by atoms with Crippen LogP contribution in [0.2, 0.25) is 5.15 Å². The van der Waals surface area contributed by atoms with Crippen LogP contribution >= 0.6 is 11.6 Å². The first-order valence-corrected chi connectivity index (χ1v) is 6.48. The van der Waals surface area contributed by atoms with Gasteiger partial charge in [0.2, 0.25) is 5.88 Å². The number of rotatable bonds is 3. The average molecular weight is 281 g/mol. The summed E-state index contributed by atoms with van der Waals surface area (Å²) in [6, 6.07) is 0. The van der Waals surface area contributed by atoms with E-state index in [0.29, 0.717) is 11.0 Å². The lowest BCUT2D eigenvalue weighted by Crippen LogP contribution is -2.00. The van der Waals surface area contributed by atoms with Crippen molar-refractivity contribution < 1.29 is 4.74 Å². The van der Waals surface area contributed by atoms with Gasteiger partial charge in [0, 0.05) is 7.05 Å². The zero-order valence-corrected chi connectivity index (χ0v) is 12.5. The van der Waals surface area contributed by atoms with Crippen molar-refractivity contribution in [3.8, 4) is 11.6 Å². The van der Waals surface area contributed by atoms with Gasteiger partial charge in [-0.25, -0.2) is 9.97 Å². The molecule has 0 aliphatic heterocycles. The molecule has 0 amide bonds. The quantitative estimate of drug-likeness (QED) is 0.809. The molecule has 102 valence electrons. The zero-order valence-electron chi connectivity index (χ0n) is 11.7. The van der Waals surface area contributed by atoms with Gasteiger partial charge < -0.3 is 4.74 Å². The maximum atomic E-state index is 6.12. The summed E-state index contributed by atoms with van der Waals surface area (Å²) in [4.78, 5) is 8.20. The summed E-state index contributed by atoms with van der Waals surface area (Å²) >= 11 is 6.12. The topological polar surface area (TPSA) is 52.8 Å². The first kappa shape index (κ1) is 13.8. The van der Waals surface area contributed by atoms with Gasteiger partial charge in [-0.05, 0) is 19.8 Å². The van der Waals surface area contributed by atoms with Crippen molar-refractivity contribution >= 4 is 11.6 Å². The number of hydrogen-bond donors (Lipinski definition) is 0. The van der Waals surface area contributed by atoms with Gasteiger partial charge in [-0.2, -0.15) is 5.10 Å². The molecule has 19 heavy (non-hydrogen) atoms. The highest BCUT2D eigenvalue weighted by Crippen LogP contribution is 2.34. The Morgan fingerprint density at radius 2 is 1.95 bits per heavy atom. The standard InChI is InChI=1S/C13H17ClN4O/c1-7(2)10-12(14)15-6-16-13(10)19-11-8(3)17-18(5)9(11)4/h6-7H,1-5H3. The molecule has 0 aromatic carbocycles. The molecule has 0 N–H and O–H groups in total. The highest BCUT2D eigenvalue weighted by Gasteiger charge is 2.19. The molecule has 0 spiro atoms. The van der Waals surface area contributed by atoms with E-state index in [2.05, 4.69) is 15.1 Å². The van der Waals surface area contributed by atoms with E-state index in [0.717, 1.165) is 22.7 Å². The number of halogens is 1. The predicted octanol–water partition coefficient (Wildman–Crippen LogP) is 3.40. The van der Waals surface area contributed by atoms with Crippen molar-refractivity contribution in [2.75, 3.05) is 0 Å². The summed E-state index contributed by atoms with van der Waals surface area (Å²) in [6.07, 6.45) is 1.41. The molecule has 0 fully saturated rings. The fourth-order valence-corrected chi connectivity index (χ4v) is 2.27. The molecule has 2 aromatic heterocycles. The summed E-state index contributed by atoms with van der Waals surface area (Å²) in [5, 5.41) is 4.75. The van der Waals surface area contributed by atoms with E-state index in [1.165, 1.54) is 6.33 Å². The van der Waals surface area contributed by atoms with Crippen molar-refractivity contribution in [2.24, 2.45) is 7.05 Å². The average Bonchev–Trinajstić information content (AvgIpc) is 2.55. The molecule has 5 nitrogen and oxygen atoms in total. The van der Waals surface area contributed by atoms with Gasteiger partial charge in [-0.15, -0.1) is 0 Å². The first-order valence-electron chi connectivity index (χ1n) is 6.10. The van der Waals surface area contributed by atoms with E-state index in [4.69, 9.17) is 16.3 Å². The van der Waals surface area contributed by atoms with Crippen LogP contribution in [0.1, 0.15) is 36.7 Å². The summed E-state index contributed by atoms with van der Waals surface area (Å²) in [5.74, 6) is 1.40. The van der Waals surface area contributed by atoms with Gasteiger partial charge in [0.1, 0.15) is 17.2 Å². The summed E-state index contributed by atoms with van der Waals surface area (Å²) in [5.41, 5.74) is 2.58. The molecular weight excluding hydrogens is 264 g/mol. The third-order valence-electron chi connectivity index (χ3n) is 3.02. The highest BCUT2D eigenvalue weighted by molar-refractivity contribution is 6.30. The minimum absolute atomic E-state index is 0.181. The highest BCUT2D eigenvalue weighted by atomic mass is 35.5. The lowest BCUT2D eigenvalue weighted by Gasteiger charge is -2.13. The molecule has 2 rings (SSSR count). The van der Waals surface area contributed by atoms with E-state index in [1.54, 1.807) is 4.68 Å². The second-order valence-electron chi connectivity index (χ2n) is 4.76. The van der Waals surface area contributed by atoms with E-state index in [9.17, 15) is 0 Å². The number of aryl methyl sites for hydroxylation is 2. The molecule has 0 bridgehead atoms. The number of ether oxygens (including phenoxy) is 1. The summed E-state index contributed by atoms with van der Waals surface area (Å²) < 4.78 is 7.70. The second kappa shape index (κ2) is 5.17. The minimum Gasteiger partial charge on any atom is -0.435 e. The van der Waals surface area contributed by atoms with Crippen LogP contribution in [0, 0.1) is 13.8 Å². The Hall–Kier alpha value is -1.62.